The van der Waals surface area contributed by atoms with Crippen LogP contribution in [0.3, 0.4) is 0 Å². The van der Waals surface area contributed by atoms with Gasteiger partial charge in [-0.05, 0) is 34.1 Å². The van der Waals surface area contributed by atoms with Crippen LogP contribution in [0.2, 0.25) is 0 Å². The fourth-order valence-electron chi connectivity index (χ4n) is 2.19. The molecule has 0 unspecified atom stereocenters. The first-order chi connectivity index (χ1) is 11.4. The van der Waals surface area contributed by atoms with E-state index in [2.05, 4.69) is 20.7 Å². The Bertz CT molecular complexity index is 729. The number of anilines is 1. The molecule has 1 aromatic rings. The number of benzene rings is 1. The number of hydrogen-bond acceptors (Lipinski definition) is 7. The maximum atomic E-state index is 12.2. The van der Waals surface area contributed by atoms with Crippen molar-refractivity contribution in [3.63, 3.8) is 0 Å². The smallest absolute Gasteiger partial charge is 0.355 e. The molecule has 0 saturated heterocycles. The van der Waals surface area contributed by atoms with E-state index in [1.807, 2.05) is 0 Å². The number of rotatable bonds is 4. The van der Waals surface area contributed by atoms with E-state index in [0.29, 0.717) is 10.2 Å². The van der Waals surface area contributed by atoms with Crippen LogP contribution in [0, 0.1) is 0 Å². The molecule has 0 radical (unpaired) electrons. The molecule has 1 aliphatic rings. The molecule has 1 heterocycles. The summed E-state index contributed by atoms with van der Waals surface area (Å²) >= 11 is 3.27. The molecule has 0 saturated carbocycles. The second-order valence-electron chi connectivity index (χ2n) is 4.69. The quantitative estimate of drug-likeness (QED) is 0.760. The zero-order chi connectivity index (χ0) is 17.9. The van der Waals surface area contributed by atoms with Crippen molar-refractivity contribution in [1.29, 1.82) is 0 Å². The molecule has 0 spiro atoms. The maximum Gasteiger partial charge on any atom is 0.355 e. The fourth-order valence-corrected chi connectivity index (χ4v) is 2.79. The molecule has 128 valence electrons. The summed E-state index contributed by atoms with van der Waals surface area (Å²) in [5, 5.41) is 9.03. The lowest BCUT2D eigenvalue weighted by atomic mass is 10.1. The molecule has 8 nitrogen and oxygen atoms in total. The highest BCUT2D eigenvalue weighted by Crippen LogP contribution is 2.33. The van der Waals surface area contributed by atoms with Crippen molar-refractivity contribution in [2.24, 2.45) is 0 Å². The largest absolute Gasteiger partial charge is 0.478 e. The Morgan fingerprint density at radius 3 is 2.42 bits per heavy atom. The lowest BCUT2D eigenvalue weighted by molar-refractivity contribution is -0.140. The second-order valence-corrected chi connectivity index (χ2v) is 5.54. The summed E-state index contributed by atoms with van der Waals surface area (Å²) < 4.78 is 15.2. The Morgan fingerprint density at radius 2 is 1.88 bits per heavy atom. The zero-order valence-electron chi connectivity index (χ0n) is 12.9. The lowest BCUT2D eigenvalue weighted by Crippen LogP contribution is -2.39. The number of carboxylic acids is 1. The van der Waals surface area contributed by atoms with Crippen molar-refractivity contribution in [3.05, 3.63) is 39.5 Å². The van der Waals surface area contributed by atoms with Crippen molar-refractivity contribution in [3.8, 4) is 0 Å². The van der Waals surface area contributed by atoms with Gasteiger partial charge in [-0.2, -0.15) is 0 Å². The minimum atomic E-state index is -1.09. The average molecular weight is 400 g/mol. The predicted molar refractivity (Wildman–Crippen MR) is 85.5 cm³/mol. The van der Waals surface area contributed by atoms with Crippen molar-refractivity contribution >= 4 is 39.5 Å². The van der Waals surface area contributed by atoms with Crippen LogP contribution in [-0.4, -0.2) is 50.6 Å². The third-order valence-corrected chi connectivity index (χ3v) is 3.95. The highest BCUT2D eigenvalue weighted by atomic mass is 79.9. The molecule has 2 rings (SSSR count). The topological polar surface area (TPSA) is 102 Å². The summed E-state index contributed by atoms with van der Waals surface area (Å²) in [6.07, 6.45) is 0. The second kappa shape index (κ2) is 7.45. The van der Waals surface area contributed by atoms with E-state index < -0.39 is 17.9 Å². The predicted octanol–water partition coefficient (Wildman–Crippen LogP) is 1.54. The van der Waals surface area contributed by atoms with E-state index in [9.17, 15) is 14.4 Å². The maximum absolute atomic E-state index is 12.2. The number of methoxy groups -OCH3 is 2. The van der Waals surface area contributed by atoms with Gasteiger partial charge >= 0.3 is 17.9 Å². The third kappa shape index (κ3) is 3.41. The summed E-state index contributed by atoms with van der Waals surface area (Å²) in [6.45, 7) is -0.117. The molecule has 1 aromatic carbocycles. The first kappa shape index (κ1) is 18.0. The normalized spacial score (nSPS) is 14.4. The van der Waals surface area contributed by atoms with Crippen molar-refractivity contribution in [1.82, 2.24) is 0 Å². The standard InChI is InChI=1S/C15H14BrNO7/c1-22-14(20)9-6-24-7-17(12(9)15(21)23-2)11-4-3-8(13(18)19)5-10(11)16/h3-5H,6-7H2,1-2H3,(H,18,19). The molecule has 0 aliphatic carbocycles. The minimum Gasteiger partial charge on any atom is -0.478 e. The van der Waals surface area contributed by atoms with Gasteiger partial charge in [0, 0.05) is 4.47 Å². The number of nitrogens with zero attached hydrogens (tertiary/aromatic N) is 1. The Balaban J connectivity index is 2.57. The van der Waals surface area contributed by atoms with Gasteiger partial charge in [0.2, 0.25) is 0 Å². The number of hydrogen-bond donors (Lipinski definition) is 1. The molecule has 0 aromatic heterocycles. The molecule has 1 aliphatic heterocycles. The van der Waals surface area contributed by atoms with E-state index in [1.165, 1.54) is 37.3 Å². The Labute approximate surface area is 145 Å². The zero-order valence-corrected chi connectivity index (χ0v) is 14.5. The Kier molecular flexibility index (Phi) is 5.58. The van der Waals surface area contributed by atoms with Crippen molar-refractivity contribution in [2.75, 3.05) is 32.5 Å². The third-order valence-electron chi connectivity index (χ3n) is 3.32. The van der Waals surface area contributed by atoms with Crippen molar-refractivity contribution < 1.29 is 33.7 Å². The monoisotopic (exact) mass is 399 g/mol. The number of carboxylic acid groups (broad SMARTS) is 1. The summed E-state index contributed by atoms with van der Waals surface area (Å²) in [4.78, 5) is 36.5. The van der Waals surface area contributed by atoms with Gasteiger partial charge in [-0.25, -0.2) is 14.4 Å². The first-order valence-electron chi connectivity index (χ1n) is 6.68. The number of ether oxygens (including phenoxy) is 3. The van der Waals surface area contributed by atoms with Gasteiger partial charge in [0.15, 0.2) is 0 Å². The van der Waals surface area contributed by atoms with E-state index >= 15 is 0 Å². The summed E-state index contributed by atoms with van der Waals surface area (Å²) in [6, 6.07) is 4.27. The Morgan fingerprint density at radius 1 is 1.21 bits per heavy atom. The minimum absolute atomic E-state index is 0.0145. The van der Waals surface area contributed by atoms with Gasteiger partial charge < -0.3 is 24.2 Å². The van der Waals surface area contributed by atoms with Crippen LogP contribution in [0.25, 0.3) is 0 Å². The highest BCUT2D eigenvalue weighted by molar-refractivity contribution is 9.10. The van der Waals surface area contributed by atoms with Crippen LogP contribution in [0.5, 0.6) is 0 Å². The summed E-state index contributed by atoms with van der Waals surface area (Å²) in [7, 11) is 2.39. The van der Waals surface area contributed by atoms with Crippen LogP contribution in [-0.2, 0) is 23.8 Å². The van der Waals surface area contributed by atoms with Crippen LogP contribution >= 0.6 is 15.9 Å². The summed E-state index contributed by atoms with van der Waals surface area (Å²) in [5.41, 5.74) is 0.519. The Hall–Kier alpha value is -2.39. The molecule has 0 fully saturated rings. The number of aromatic carboxylic acids is 1. The number of esters is 2. The fraction of sp³-hybridized carbons (Fsp3) is 0.267. The average Bonchev–Trinajstić information content (AvgIpc) is 2.59. The number of carbonyl (C=O) groups is 3. The van der Waals surface area contributed by atoms with Gasteiger partial charge in [0.05, 0.1) is 37.7 Å². The van der Waals surface area contributed by atoms with E-state index in [4.69, 9.17) is 14.6 Å². The molecule has 1 N–H and O–H groups in total. The van der Waals surface area contributed by atoms with E-state index in [-0.39, 0.29) is 30.2 Å². The molecule has 0 atom stereocenters. The first-order valence-corrected chi connectivity index (χ1v) is 7.48. The van der Waals surface area contributed by atoms with E-state index in [0.717, 1.165) is 0 Å². The van der Waals surface area contributed by atoms with Crippen LogP contribution in [0.1, 0.15) is 10.4 Å². The molecular weight excluding hydrogens is 386 g/mol. The lowest BCUT2D eigenvalue weighted by Gasteiger charge is -2.32. The van der Waals surface area contributed by atoms with Gasteiger partial charge in [0.1, 0.15) is 12.4 Å². The number of carbonyl (C=O) groups excluding carboxylic acids is 2. The molecule has 24 heavy (non-hydrogen) atoms. The van der Waals surface area contributed by atoms with E-state index in [1.54, 1.807) is 0 Å². The number of halogens is 1. The summed E-state index contributed by atoms with van der Waals surface area (Å²) in [5.74, 6) is -2.53. The van der Waals surface area contributed by atoms with Crippen LogP contribution in [0.15, 0.2) is 33.9 Å². The SMILES string of the molecule is COC(=O)C1=C(C(=O)OC)N(c2ccc(C(=O)O)cc2Br)COC1. The molecular formula is C15H14BrNO7. The molecule has 0 bridgehead atoms. The van der Waals surface area contributed by atoms with Crippen LogP contribution < -0.4 is 4.90 Å². The van der Waals surface area contributed by atoms with Crippen LogP contribution in [0.4, 0.5) is 5.69 Å². The van der Waals surface area contributed by atoms with Gasteiger partial charge in [-0.3, -0.25) is 0 Å². The van der Waals surface area contributed by atoms with Gasteiger partial charge in [-0.1, -0.05) is 0 Å². The molecule has 0 amide bonds. The molecule has 9 heteroatoms. The van der Waals surface area contributed by atoms with Gasteiger partial charge in [-0.15, -0.1) is 0 Å². The van der Waals surface area contributed by atoms with Crippen molar-refractivity contribution in [2.45, 2.75) is 0 Å². The van der Waals surface area contributed by atoms with Gasteiger partial charge in [0.25, 0.3) is 0 Å². The highest BCUT2D eigenvalue weighted by Gasteiger charge is 2.33.